The molecule has 9 heteroatoms. The minimum absolute atomic E-state index is 0.0623. The standard InChI is InChI=1S/C20H24O9/c1-7-12(22)26-10-6-17-9-5-8(16(2,3)4)18(17)11(21)13(23)28-15(18)29-20(17,14(24)27-9)19(7,10)25/h7-11,15,21,25H,5-6H2,1-4H3/t7-,8-,9-,10+,11+,15-,17+,18+,19-,20-/m1/s1. The van der Waals surface area contributed by atoms with Gasteiger partial charge >= 0.3 is 17.9 Å². The van der Waals surface area contributed by atoms with E-state index in [4.69, 9.17) is 18.9 Å². The fraction of sp³-hybridized carbons (Fsp3) is 0.850. The summed E-state index contributed by atoms with van der Waals surface area (Å²) in [5.74, 6) is -3.52. The SMILES string of the molecule is C[C@@H]1C(=O)O[C@H]2C[C@]34[C@H]5C[C@H](C(C)(C)C)[C@]36[C@H](OC(=O)[C@@H]6O)O[C@@]4(C(=O)O5)[C@]21O. The molecule has 0 radical (unpaired) electrons. The number of aliphatic hydroxyl groups excluding tert-OH is 1. The van der Waals surface area contributed by atoms with Crippen LogP contribution in [-0.2, 0) is 33.3 Å². The van der Waals surface area contributed by atoms with Crippen molar-refractivity contribution in [2.24, 2.45) is 28.1 Å². The van der Waals surface area contributed by atoms with Gasteiger partial charge in [0.25, 0.3) is 0 Å². The first-order valence-electron chi connectivity index (χ1n) is 10.1. The van der Waals surface area contributed by atoms with E-state index in [2.05, 4.69) is 0 Å². The third-order valence-electron chi connectivity index (χ3n) is 8.97. The number of ether oxygens (including phenoxy) is 4. The van der Waals surface area contributed by atoms with E-state index in [1.54, 1.807) is 0 Å². The highest BCUT2D eigenvalue weighted by molar-refractivity contribution is 5.93. The van der Waals surface area contributed by atoms with Crippen LogP contribution in [0.3, 0.4) is 0 Å². The molecule has 0 unspecified atom stereocenters. The van der Waals surface area contributed by atoms with Crippen LogP contribution in [0.25, 0.3) is 0 Å². The normalized spacial score (nSPS) is 59.2. The maximum absolute atomic E-state index is 13.3. The van der Waals surface area contributed by atoms with E-state index in [1.807, 2.05) is 20.8 Å². The third-order valence-corrected chi connectivity index (χ3v) is 8.97. The number of hydrogen-bond donors (Lipinski definition) is 2. The minimum atomic E-state index is -1.97. The molecule has 0 aromatic carbocycles. The summed E-state index contributed by atoms with van der Waals surface area (Å²) in [6, 6.07) is 0. The van der Waals surface area contributed by atoms with Crippen molar-refractivity contribution >= 4 is 17.9 Å². The van der Waals surface area contributed by atoms with Crippen LogP contribution in [0, 0.1) is 28.1 Å². The highest BCUT2D eigenvalue weighted by atomic mass is 16.8. The van der Waals surface area contributed by atoms with Gasteiger partial charge in [-0.25, -0.2) is 9.59 Å². The van der Waals surface area contributed by atoms with E-state index in [-0.39, 0.29) is 17.8 Å². The molecule has 4 aliphatic heterocycles. The summed E-state index contributed by atoms with van der Waals surface area (Å²) >= 11 is 0. The topological polar surface area (TPSA) is 129 Å². The molecule has 4 saturated heterocycles. The van der Waals surface area contributed by atoms with Crippen LogP contribution in [0.2, 0.25) is 0 Å². The molecular weight excluding hydrogens is 384 g/mol. The van der Waals surface area contributed by atoms with Crippen molar-refractivity contribution in [3.63, 3.8) is 0 Å². The number of esters is 3. The summed E-state index contributed by atoms with van der Waals surface area (Å²) in [4.78, 5) is 38.1. The Balaban J connectivity index is 1.68. The number of hydrogen-bond acceptors (Lipinski definition) is 9. The maximum Gasteiger partial charge on any atom is 0.342 e. The number of aliphatic hydroxyl groups is 2. The highest BCUT2D eigenvalue weighted by Crippen LogP contribution is 2.84. The molecule has 0 bridgehead atoms. The third kappa shape index (κ3) is 1.35. The predicted octanol–water partition coefficient (Wildman–Crippen LogP) is -0.340. The fourth-order valence-electron chi connectivity index (χ4n) is 8.06. The molecule has 0 aromatic rings. The molecule has 2 N–H and O–H groups in total. The first-order chi connectivity index (χ1) is 13.4. The zero-order chi connectivity index (χ0) is 20.9. The molecule has 29 heavy (non-hydrogen) atoms. The summed E-state index contributed by atoms with van der Waals surface area (Å²) in [6.45, 7) is 7.47. The first kappa shape index (κ1) is 18.1. The van der Waals surface area contributed by atoms with Crippen LogP contribution in [0.5, 0.6) is 0 Å². The smallest absolute Gasteiger partial charge is 0.342 e. The van der Waals surface area contributed by atoms with Gasteiger partial charge in [-0.2, -0.15) is 0 Å². The number of rotatable bonds is 0. The molecule has 6 aliphatic rings. The van der Waals surface area contributed by atoms with E-state index in [9.17, 15) is 24.6 Å². The predicted molar refractivity (Wildman–Crippen MR) is 90.6 cm³/mol. The Morgan fingerprint density at radius 2 is 1.72 bits per heavy atom. The summed E-state index contributed by atoms with van der Waals surface area (Å²) < 4.78 is 22.9. The van der Waals surface area contributed by atoms with Crippen molar-refractivity contribution in [1.29, 1.82) is 0 Å². The lowest BCUT2D eigenvalue weighted by atomic mass is 9.51. The van der Waals surface area contributed by atoms with Crippen LogP contribution in [-0.4, -0.2) is 63.9 Å². The largest absolute Gasteiger partial charge is 0.459 e. The van der Waals surface area contributed by atoms with Crippen LogP contribution < -0.4 is 0 Å². The van der Waals surface area contributed by atoms with Crippen LogP contribution in [0.15, 0.2) is 0 Å². The quantitative estimate of drug-likeness (QED) is 0.408. The Labute approximate surface area is 166 Å². The lowest BCUT2D eigenvalue weighted by Crippen LogP contribution is -2.66. The molecule has 4 heterocycles. The molecular formula is C20H24O9. The second-order valence-corrected chi connectivity index (χ2v) is 10.6. The van der Waals surface area contributed by atoms with Crippen LogP contribution >= 0.6 is 0 Å². The number of carbonyl (C=O) groups is 3. The molecule has 2 spiro atoms. The molecule has 0 amide bonds. The fourth-order valence-corrected chi connectivity index (χ4v) is 8.06. The Kier molecular flexibility index (Phi) is 2.79. The van der Waals surface area contributed by atoms with Crippen molar-refractivity contribution < 1.29 is 43.5 Å². The van der Waals surface area contributed by atoms with Gasteiger partial charge in [0, 0.05) is 6.42 Å². The van der Waals surface area contributed by atoms with E-state index in [1.165, 1.54) is 6.92 Å². The first-order valence-corrected chi connectivity index (χ1v) is 10.1. The van der Waals surface area contributed by atoms with Gasteiger partial charge in [-0.1, -0.05) is 20.8 Å². The average Bonchev–Trinajstić information content (AvgIpc) is 3.31. The maximum atomic E-state index is 13.3. The van der Waals surface area contributed by atoms with Gasteiger partial charge in [-0.05, 0) is 24.7 Å². The zero-order valence-electron chi connectivity index (χ0n) is 16.6. The van der Waals surface area contributed by atoms with Crippen molar-refractivity contribution in [3.05, 3.63) is 0 Å². The minimum Gasteiger partial charge on any atom is -0.459 e. The van der Waals surface area contributed by atoms with Gasteiger partial charge in [0.2, 0.25) is 11.9 Å². The van der Waals surface area contributed by atoms with E-state index >= 15 is 0 Å². The molecule has 158 valence electrons. The Morgan fingerprint density at radius 3 is 2.38 bits per heavy atom. The monoisotopic (exact) mass is 408 g/mol. The summed E-state index contributed by atoms with van der Waals surface area (Å²) in [6.07, 6.45) is -3.96. The molecule has 6 fully saturated rings. The van der Waals surface area contributed by atoms with Crippen molar-refractivity contribution in [1.82, 2.24) is 0 Å². The Morgan fingerprint density at radius 1 is 1.03 bits per heavy atom. The Hall–Kier alpha value is -1.71. The van der Waals surface area contributed by atoms with E-state index < -0.39 is 70.5 Å². The van der Waals surface area contributed by atoms with Crippen molar-refractivity contribution in [2.45, 2.75) is 76.3 Å². The number of carbonyl (C=O) groups excluding carboxylic acids is 3. The highest BCUT2D eigenvalue weighted by Gasteiger charge is 3.01. The molecule has 10 atom stereocenters. The summed E-state index contributed by atoms with van der Waals surface area (Å²) in [5, 5.41) is 23.0. The van der Waals surface area contributed by atoms with Gasteiger partial charge in [0.05, 0.1) is 16.7 Å². The van der Waals surface area contributed by atoms with Crippen molar-refractivity contribution in [3.8, 4) is 0 Å². The number of fused-ring (bicyclic) bond motifs is 1. The van der Waals surface area contributed by atoms with Crippen LogP contribution in [0.1, 0.15) is 40.5 Å². The lowest BCUT2D eigenvalue weighted by molar-refractivity contribution is -0.238. The lowest BCUT2D eigenvalue weighted by Gasteiger charge is -2.46. The molecule has 9 nitrogen and oxygen atoms in total. The second-order valence-electron chi connectivity index (χ2n) is 10.6. The van der Waals surface area contributed by atoms with E-state index in [0.29, 0.717) is 6.42 Å². The summed E-state index contributed by atoms with van der Waals surface area (Å²) in [7, 11) is 0. The van der Waals surface area contributed by atoms with Gasteiger partial charge in [-0.3, -0.25) is 4.79 Å². The second kappa shape index (κ2) is 4.48. The van der Waals surface area contributed by atoms with Crippen molar-refractivity contribution in [2.75, 3.05) is 0 Å². The zero-order valence-corrected chi connectivity index (χ0v) is 16.6. The van der Waals surface area contributed by atoms with E-state index in [0.717, 1.165) is 0 Å². The summed E-state index contributed by atoms with van der Waals surface area (Å²) in [5.41, 5.74) is -6.81. The molecule has 2 saturated carbocycles. The van der Waals surface area contributed by atoms with Gasteiger partial charge in [0.1, 0.15) is 12.2 Å². The molecule has 6 rings (SSSR count). The van der Waals surface area contributed by atoms with Gasteiger partial charge < -0.3 is 29.2 Å². The Bertz CT molecular complexity index is 893. The molecule has 0 aromatic heterocycles. The van der Waals surface area contributed by atoms with Crippen LogP contribution in [0.4, 0.5) is 0 Å². The van der Waals surface area contributed by atoms with Gasteiger partial charge in [-0.15, -0.1) is 0 Å². The van der Waals surface area contributed by atoms with Gasteiger partial charge in [0.15, 0.2) is 11.7 Å². The molecule has 2 aliphatic carbocycles. The average molecular weight is 408 g/mol.